The van der Waals surface area contributed by atoms with Crippen molar-refractivity contribution in [1.82, 2.24) is 4.90 Å². The van der Waals surface area contributed by atoms with Crippen molar-refractivity contribution in [1.29, 1.82) is 0 Å². The zero-order chi connectivity index (χ0) is 26.4. The second-order valence-corrected chi connectivity index (χ2v) is 15.5. The van der Waals surface area contributed by atoms with Gasteiger partial charge in [0.25, 0.3) is 9.05 Å². The van der Waals surface area contributed by atoms with Gasteiger partial charge < -0.3 is 5.11 Å². The zero-order valence-corrected chi connectivity index (χ0v) is 25.3. The first-order chi connectivity index (χ1) is 17.1. The van der Waals surface area contributed by atoms with Gasteiger partial charge in [-0.25, -0.2) is 8.42 Å². The average Bonchev–Trinajstić information content (AvgIpc) is 3.12. The second-order valence-electron chi connectivity index (χ2n) is 11.2. The second kappa shape index (κ2) is 16.5. The molecule has 1 aromatic carbocycles. The number of hydrogen-bond acceptors (Lipinski definition) is 5. The topological polar surface area (TPSA) is 57.6 Å². The Morgan fingerprint density at radius 3 is 1.83 bits per heavy atom. The fourth-order valence-electron chi connectivity index (χ4n) is 5.19. The van der Waals surface area contributed by atoms with Gasteiger partial charge in [0, 0.05) is 27.5 Å². The minimum absolute atomic E-state index is 0.0437. The van der Waals surface area contributed by atoms with E-state index in [1.807, 2.05) is 0 Å². The molecule has 7 heteroatoms. The van der Waals surface area contributed by atoms with Gasteiger partial charge in [0.2, 0.25) is 0 Å². The van der Waals surface area contributed by atoms with Gasteiger partial charge in [-0.2, -0.15) is 0 Å². The van der Waals surface area contributed by atoms with E-state index in [0.29, 0.717) is 5.56 Å². The van der Waals surface area contributed by atoms with Crippen molar-refractivity contribution in [3.8, 4) is 5.75 Å². The lowest BCUT2D eigenvalue weighted by Gasteiger charge is -2.24. The molecule has 1 aliphatic heterocycles. The largest absolute Gasteiger partial charge is 0.508 e. The maximum atomic E-state index is 11.8. The van der Waals surface area contributed by atoms with Crippen molar-refractivity contribution >= 4 is 31.5 Å². The van der Waals surface area contributed by atoms with Crippen LogP contribution in [-0.2, 0) is 9.05 Å². The van der Waals surface area contributed by atoms with Crippen LogP contribution in [0.4, 0.5) is 0 Å². The van der Waals surface area contributed by atoms with Crippen LogP contribution in [0.15, 0.2) is 23.1 Å². The van der Waals surface area contributed by atoms with Crippen LogP contribution in [-0.4, -0.2) is 36.3 Å². The minimum Gasteiger partial charge on any atom is -0.508 e. The molecule has 1 saturated heterocycles. The van der Waals surface area contributed by atoms with Crippen LogP contribution in [0.1, 0.15) is 134 Å². The van der Waals surface area contributed by atoms with Crippen molar-refractivity contribution in [2.24, 2.45) is 0 Å². The molecule has 0 aliphatic carbocycles. The van der Waals surface area contributed by atoms with Crippen LogP contribution in [0.5, 0.6) is 5.75 Å². The van der Waals surface area contributed by atoms with Gasteiger partial charge in [0.05, 0.1) is 10.3 Å². The third kappa shape index (κ3) is 12.0. The number of phenols is 1. The quantitative estimate of drug-likeness (QED) is 0.135. The molecule has 1 fully saturated rings. The number of hydrogen-bond donors (Lipinski definition) is 1. The number of rotatable bonds is 19. The van der Waals surface area contributed by atoms with Crippen molar-refractivity contribution in [2.75, 3.05) is 13.1 Å². The predicted molar refractivity (Wildman–Crippen MR) is 157 cm³/mol. The minimum atomic E-state index is -3.83. The Morgan fingerprint density at radius 2 is 1.36 bits per heavy atom. The summed E-state index contributed by atoms with van der Waals surface area (Å²) in [6.45, 7) is 8.56. The number of thioether (sulfide) groups is 1. The Morgan fingerprint density at radius 1 is 0.889 bits per heavy atom. The summed E-state index contributed by atoms with van der Waals surface area (Å²) in [7, 11) is 1.73. The Balaban J connectivity index is 1.61. The molecule has 0 saturated carbocycles. The molecule has 1 N–H and O–H groups in total. The summed E-state index contributed by atoms with van der Waals surface area (Å²) in [6, 6.07) is 4.35. The van der Waals surface area contributed by atoms with Crippen LogP contribution < -0.4 is 0 Å². The van der Waals surface area contributed by atoms with Crippen LogP contribution in [0, 0.1) is 0 Å². The zero-order valence-electron chi connectivity index (χ0n) is 22.9. The molecule has 0 amide bonds. The highest BCUT2D eigenvalue weighted by atomic mass is 35.7. The Kier molecular flexibility index (Phi) is 14.6. The van der Waals surface area contributed by atoms with E-state index in [4.69, 9.17) is 10.7 Å². The molecule has 0 spiro atoms. The number of nitrogens with zero attached hydrogens (tertiary/aromatic N) is 1. The van der Waals surface area contributed by atoms with Gasteiger partial charge in [0.15, 0.2) is 0 Å². The summed E-state index contributed by atoms with van der Waals surface area (Å²) in [5.41, 5.74) is 0.642. The molecule has 208 valence electrons. The van der Waals surface area contributed by atoms with E-state index in [1.54, 1.807) is 11.8 Å². The molecule has 1 aromatic rings. The number of aromatic hydroxyl groups is 1. The van der Waals surface area contributed by atoms with Gasteiger partial charge in [-0.15, -0.1) is 11.8 Å². The maximum absolute atomic E-state index is 11.8. The van der Waals surface area contributed by atoms with E-state index < -0.39 is 9.05 Å². The molecule has 1 unspecified atom stereocenters. The van der Waals surface area contributed by atoms with Gasteiger partial charge in [0.1, 0.15) is 5.75 Å². The lowest BCUT2D eigenvalue weighted by molar-refractivity contribution is 0.255. The van der Waals surface area contributed by atoms with Gasteiger partial charge in [-0.3, -0.25) is 4.90 Å². The van der Waals surface area contributed by atoms with Crippen molar-refractivity contribution in [3.63, 3.8) is 0 Å². The summed E-state index contributed by atoms with van der Waals surface area (Å²) in [5, 5.41) is 10.4. The fraction of sp³-hybridized carbons (Fsp3) is 0.793. The van der Waals surface area contributed by atoms with Gasteiger partial charge in [-0.1, -0.05) is 103 Å². The molecule has 2 rings (SSSR count). The summed E-state index contributed by atoms with van der Waals surface area (Å²) >= 11 is 1.78. The highest BCUT2D eigenvalue weighted by Gasteiger charge is 2.40. The molecule has 1 atom stereocenters. The predicted octanol–water partition coefficient (Wildman–Crippen LogP) is 9.41. The summed E-state index contributed by atoms with van der Waals surface area (Å²) < 4.78 is 23.7. The van der Waals surface area contributed by atoms with E-state index in [1.165, 1.54) is 115 Å². The van der Waals surface area contributed by atoms with Crippen molar-refractivity contribution in [3.05, 3.63) is 23.8 Å². The monoisotopic (exact) mass is 559 g/mol. The summed E-state index contributed by atoms with van der Waals surface area (Å²) in [5.74, 6) is 0.131. The average molecular weight is 560 g/mol. The fourth-order valence-corrected chi connectivity index (χ4v) is 7.46. The lowest BCUT2D eigenvalue weighted by Crippen LogP contribution is -2.29. The molecule has 4 nitrogen and oxygen atoms in total. The van der Waals surface area contributed by atoms with E-state index in [2.05, 4.69) is 25.7 Å². The lowest BCUT2D eigenvalue weighted by atomic mass is 10.0. The normalized spacial score (nSPS) is 18.2. The SMILES string of the molecule is CCCCCCCCCCCCCCCCCCN1CC(C)(C)SC1c1cc(S(=O)(=O)Cl)ccc1O. The Hall–Kier alpha value is -0.430. The van der Waals surface area contributed by atoms with Crippen molar-refractivity contribution < 1.29 is 13.5 Å². The highest BCUT2D eigenvalue weighted by Crippen LogP contribution is 2.50. The summed E-state index contributed by atoms with van der Waals surface area (Å²) in [6.07, 6.45) is 21.7. The smallest absolute Gasteiger partial charge is 0.261 e. The first-order valence-corrected chi connectivity index (χ1v) is 17.5. The molecule has 0 bridgehead atoms. The molecule has 36 heavy (non-hydrogen) atoms. The number of unbranched alkanes of at least 4 members (excludes halogenated alkanes) is 15. The van der Waals surface area contributed by atoms with Crippen molar-refractivity contribution in [2.45, 2.75) is 139 Å². The highest BCUT2D eigenvalue weighted by molar-refractivity contribution is 8.13. The molecular formula is C29H50ClNO3S2. The van der Waals surface area contributed by atoms with E-state index >= 15 is 0 Å². The van der Waals surface area contributed by atoms with Gasteiger partial charge >= 0.3 is 0 Å². The first-order valence-electron chi connectivity index (χ1n) is 14.3. The Bertz CT molecular complexity index is 860. The number of phenolic OH excluding ortho intramolecular Hbond substituents is 1. The molecule has 1 aliphatic rings. The number of benzene rings is 1. The van der Waals surface area contributed by atoms with Gasteiger partial charge in [-0.05, 0) is 45.0 Å². The molecule has 0 aromatic heterocycles. The first kappa shape index (κ1) is 31.8. The van der Waals surface area contributed by atoms with Crippen LogP contribution in [0.25, 0.3) is 0 Å². The molecule has 0 radical (unpaired) electrons. The molecular weight excluding hydrogens is 510 g/mol. The van der Waals surface area contributed by atoms with Crippen LogP contribution >= 0.6 is 22.4 Å². The Labute approximate surface area is 230 Å². The number of halogens is 1. The van der Waals surface area contributed by atoms with Crippen LogP contribution in [0.2, 0.25) is 0 Å². The van der Waals surface area contributed by atoms with Crippen LogP contribution in [0.3, 0.4) is 0 Å². The standard InChI is InChI=1S/C29H50ClNO3S2/c1-4-5-6-7-8-9-10-11-12-13-14-15-16-17-18-19-22-31-24-29(2,3)35-28(31)26-23-25(36(30,33)34)20-21-27(26)32/h20-21,23,28,32H,4-19,22,24H2,1-3H3. The third-order valence-electron chi connectivity index (χ3n) is 7.19. The van der Waals surface area contributed by atoms with E-state index in [9.17, 15) is 13.5 Å². The third-order valence-corrected chi connectivity index (χ3v) is 10.1. The maximum Gasteiger partial charge on any atom is 0.261 e. The van der Waals surface area contributed by atoms with E-state index in [-0.39, 0.29) is 20.8 Å². The van der Waals surface area contributed by atoms with E-state index in [0.717, 1.165) is 19.5 Å². The molecule has 1 heterocycles. The summed E-state index contributed by atoms with van der Waals surface area (Å²) in [4.78, 5) is 2.43.